The largest absolute Gasteiger partial charge is 0.448 e. The van der Waals surface area contributed by atoms with Gasteiger partial charge in [-0.1, -0.05) is 48.5 Å². The summed E-state index contributed by atoms with van der Waals surface area (Å²) in [6.07, 6.45) is -1.79. The molecular formula is C25H29NO5. The van der Waals surface area contributed by atoms with E-state index in [2.05, 4.69) is 24.3 Å². The molecule has 6 nitrogen and oxygen atoms in total. The van der Waals surface area contributed by atoms with Gasteiger partial charge in [0.2, 0.25) is 0 Å². The molecule has 3 aliphatic rings. The van der Waals surface area contributed by atoms with Crippen LogP contribution >= 0.6 is 0 Å². The lowest BCUT2D eigenvalue weighted by molar-refractivity contribution is -0.101. The molecular weight excluding hydrogens is 394 g/mol. The molecule has 0 unspecified atom stereocenters. The summed E-state index contributed by atoms with van der Waals surface area (Å²) in [6.45, 7) is 6.73. The summed E-state index contributed by atoms with van der Waals surface area (Å²) in [6, 6.07) is 16.1. The Hall–Kier alpha value is -2.41. The Morgan fingerprint density at radius 1 is 1.10 bits per heavy atom. The number of ether oxygens (including phenoxy) is 3. The van der Waals surface area contributed by atoms with Gasteiger partial charge in [-0.15, -0.1) is 0 Å². The molecule has 2 aromatic carbocycles. The molecule has 1 amide bonds. The van der Waals surface area contributed by atoms with Gasteiger partial charge in [-0.05, 0) is 43.0 Å². The molecule has 2 aromatic rings. The summed E-state index contributed by atoms with van der Waals surface area (Å²) in [5.74, 6) is 0.00104. The first-order chi connectivity index (χ1) is 14.8. The highest BCUT2D eigenvalue weighted by atomic mass is 16.6. The van der Waals surface area contributed by atoms with Crippen molar-refractivity contribution in [1.29, 1.82) is 0 Å². The third-order valence-corrected chi connectivity index (χ3v) is 6.37. The van der Waals surface area contributed by atoms with Gasteiger partial charge in [0.25, 0.3) is 0 Å². The Bertz CT molecular complexity index is 938. The molecule has 2 heterocycles. The average molecular weight is 424 g/mol. The fraction of sp³-hybridized carbons (Fsp3) is 0.480. The predicted molar refractivity (Wildman–Crippen MR) is 116 cm³/mol. The van der Waals surface area contributed by atoms with Gasteiger partial charge >= 0.3 is 6.09 Å². The van der Waals surface area contributed by atoms with Gasteiger partial charge in [0.05, 0.1) is 24.8 Å². The molecule has 0 spiro atoms. The van der Waals surface area contributed by atoms with E-state index in [1.54, 1.807) is 4.90 Å². The summed E-state index contributed by atoms with van der Waals surface area (Å²) in [5, 5.41) is 10.4. The minimum Gasteiger partial charge on any atom is -0.448 e. The van der Waals surface area contributed by atoms with Crippen molar-refractivity contribution in [3.63, 3.8) is 0 Å². The van der Waals surface area contributed by atoms with Crippen molar-refractivity contribution in [3.05, 3.63) is 59.7 Å². The number of rotatable bonds is 3. The van der Waals surface area contributed by atoms with Gasteiger partial charge in [0.15, 0.2) is 0 Å². The average Bonchev–Trinajstić information content (AvgIpc) is 3.38. The molecule has 1 aliphatic carbocycles. The van der Waals surface area contributed by atoms with Crippen LogP contribution in [-0.2, 0) is 14.2 Å². The second-order valence-electron chi connectivity index (χ2n) is 9.58. The Morgan fingerprint density at radius 2 is 1.71 bits per heavy atom. The number of fused-ring (bicyclic) bond motifs is 4. The Kier molecular flexibility index (Phi) is 5.04. The van der Waals surface area contributed by atoms with Crippen LogP contribution in [0.25, 0.3) is 11.1 Å². The van der Waals surface area contributed by atoms with Crippen LogP contribution in [0.5, 0.6) is 0 Å². The first-order valence-corrected chi connectivity index (χ1v) is 10.9. The number of carbonyl (C=O) groups excluding carboxylic acids is 1. The predicted octanol–water partition coefficient (Wildman–Crippen LogP) is 3.56. The van der Waals surface area contributed by atoms with Crippen LogP contribution in [0.15, 0.2) is 48.5 Å². The van der Waals surface area contributed by atoms with Crippen LogP contribution in [0.4, 0.5) is 4.79 Å². The molecule has 1 N–H and O–H groups in total. The number of hydrogen-bond donors (Lipinski definition) is 1. The highest BCUT2D eigenvalue weighted by Crippen LogP contribution is 2.44. The van der Waals surface area contributed by atoms with Crippen LogP contribution in [0.3, 0.4) is 0 Å². The maximum atomic E-state index is 13.1. The molecule has 31 heavy (non-hydrogen) atoms. The van der Waals surface area contributed by atoms with Crippen LogP contribution in [0.1, 0.15) is 37.8 Å². The molecule has 2 saturated heterocycles. The van der Waals surface area contributed by atoms with Crippen LogP contribution < -0.4 is 0 Å². The van der Waals surface area contributed by atoms with E-state index in [1.807, 2.05) is 45.0 Å². The zero-order chi connectivity index (χ0) is 21.8. The Morgan fingerprint density at radius 3 is 2.32 bits per heavy atom. The highest BCUT2D eigenvalue weighted by molar-refractivity contribution is 5.79. The molecule has 6 heteroatoms. The van der Waals surface area contributed by atoms with Crippen molar-refractivity contribution in [2.75, 3.05) is 19.8 Å². The van der Waals surface area contributed by atoms with Crippen molar-refractivity contribution in [2.45, 2.75) is 56.6 Å². The molecule has 0 bridgehead atoms. The van der Waals surface area contributed by atoms with Crippen molar-refractivity contribution < 1.29 is 24.1 Å². The van der Waals surface area contributed by atoms with Crippen LogP contribution in [0, 0.1) is 0 Å². The van der Waals surface area contributed by atoms with Crippen molar-refractivity contribution >= 4 is 6.09 Å². The van der Waals surface area contributed by atoms with E-state index >= 15 is 0 Å². The van der Waals surface area contributed by atoms with E-state index in [0.717, 1.165) is 0 Å². The molecule has 164 valence electrons. The second-order valence-corrected chi connectivity index (χ2v) is 9.58. The van der Waals surface area contributed by atoms with Gasteiger partial charge < -0.3 is 19.3 Å². The van der Waals surface area contributed by atoms with E-state index in [1.165, 1.54) is 22.3 Å². The van der Waals surface area contributed by atoms with E-state index < -0.39 is 18.2 Å². The Balaban J connectivity index is 1.33. The summed E-state index contributed by atoms with van der Waals surface area (Å²) in [5.41, 5.74) is 4.36. The van der Waals surface area contributed by atoms with Crippen molar-refractivity contribution in [2.24, 2.45) is 0 Å². The smallest absolute Gasteiger partial charge is 0.410 e. The zero-order valence-electron chi connectivity index (χ0n) is 18.2. The monoisotopic (exact) mass is 423 g/mol. The number of nitrogens with zero attached hydrogens (tertiary/aromatic N) is 1. The summed E-state index contributed by atoms with van der Waals surface area (Å²) in [7, 11) is 0. The normalized spacial score (nSPS) is 27.2. The summed E-state index contributed by atoms with van der Waals surface area (Å²) >= 11 is 0. The second kappa shape index (κ2) is 7.62. The van der Waals surface area contributed by atoms with Crippen molar-refractivity contribution in [1.82, 2.24) is 4.90 Å². The first kappa shape index (κ1) is 20.5. The Labute approximate surface area is 182 Å². The fourth-order valence-electron chi connectivity index (χ4n) is 5.19. The fourth-order valence-corrected chi connectivity index (χ4v) is 5.19. The van der Waals surface area contributed by atoms with Gasteiger partial charge in [-0.2, -0.15) is 0 Å². The van der Waals surface area contributed by atoms with E-state index in [9.17, 15) is 9.90 Å². The zero-order valence-corrected chi connectivity index (χ0v) is 18.2. The minimum absolute atomic E-state index is 0.00104. The molecule has 0 saturated carbocycles. The molecule has 0 radical (unpaired) electrons. The lowest BCUT2D eigenvalue weighted by atomic mass is 9.98. The third-order valence-electron chi connectivity index (χ3n) is 6.37. The molecule has 0 aromatic heterocycles. The van der Waals surface area contributed by atoms with Crippen LogP contribution in [-0.4, -0.2) is 65.8 Å². The molecule has 5 rings (SSSR count). The number of benzene rings is 2. The quantitative estimate of drug-likeness (QED) is 0.818. The first-order valence-electron chi connectivity index (χ1n) is 10.9. The molecule has 2 aliphatic heterocycles. The number of hydrogen-bond acceptors (Lipinski definition) is 5. The maximum Gasteiger partial charge on any atom is 0.410 e. The van der Waals surface area contributed by atoms with Crippen LogP contribution in [0.2, 0.25) is 0 Å². The van der Waals surface area contributed by atoms with Gasteiger partial charge in [-0.3, -0.25) is 4.90 Å². The summed E-state index contributed by atoms with van der Waals surface area (Å²) < 4.78 is 17.7. The standard InChI is InChI=1S/C25H29NO5/c1-25(2,3)31-21-12-26(22-20(27)14-29-23(21)22)24(28)30-13-19-17-10-6-4-8-15(17)16-9-5-7-11-18(16)19/h4-11,19-23,27H,12-14H2,1-3H3/t20-,21+,22+,23+/m0/s1. The number of likely N-dealkylation sites (tertiary alicyclic amines) is 1. The number of aliphatic hydroxyl groups excluding tert-OH is 1. The van der Waals surface area contributed by atoms with Crippen molar-refractivity contribution in [3.8, 4) is 11.1 Å². The third kappa shape index (κ3) is 3.63. The SMILES string of the molecule is CC(C)(C)O[C@@H]1CN(C(=O)OCC2c3ccccc3-c3ccccc32)[C@H]2[C@@H]1OC[C@@H]2O. The summed E-state index contributed by atoms with van der Waals surface area (Å²) in [4.78, 5) is 14.7. The molecule has 2 fully saturated rings. The van der Waals surface area contributed by atoms with Gasteiger partial charge in [0.1, 0.15) is 24.9 Å². The minimum atomic E-state index is -0.737. The van der Waals surface area contributed by atoms with E-state index in [-0.39, 0.29) is 36.9 Å². The maximum absolute atomic E-state index is 13.1. The highest BCUT2D eigenvalue weighted by Gasteiger charge is 2.54. The number of aliphatic hydroxyl groups is 1. The lowest BCUT2D eigenvalue weighted by Crippen LogP contribution is -2.44. The lowest BCUT2D eigenvalue weighted by Gasteiger charge is -2.27. The molecule has 4 atom stereocenters. The van der Waals surface area contributed by atoms with Gasteiger partial charge in [0, 0.05) is 5.92 Å². The number of amides is 1. The topological polar surface area (TPSA) is 68.2 Å². The van der Waals surface area contributed by atoms with E-state index in [4.69, 9.17) is 14.2 Å². The van der Waals surface area contributed by atoms with Gasteiger partial charge in [-0.25, -0.2) is 4.79 Å². The number of carbonyl (C=O) groups is 1. The van der Waals surface area contributed by atoms with E-state index in [0.29, 0.717) is 6.54 Å².